The van der Waals surface area contributed by atoms with Crippen LogP contribution in [0.4, 0.5) is 8.78 Å². The summed E-state index contributed by atoms with van der Waals surface area (Å²) < 4.78 is 37.3. The molecule has 100 valence electrons. The minimum absolute atomic E-state index is 0.147. The molecule has 1 fully saturated rings. The lowest BCUT2D eigenvalue weighted by atomic mass is 9.89. The number of rotatable bonds is 3. The van der Waals surface area contributed by atoms with Gasteiger partial charge in [-0.3, -0.25) is 0 Å². The number of piperidine rings is 1. The van der Waals surface area contributed by atoms with Crippen LogP contribution in [0.2, 0.25) is 0 Å². The van der Waals surface area contributed by atoms with Crippen molar-refractivity contribution in [1.29, 1.82) is 0 Å². The van der Waals surface area contributed by atoms with E-state index in [1.807, 2.05) is 0 Å². The van der Waals surface area contributed by atoms with Gasteiger partial charge in [0.2, 0.25) is 5.82 Å². The molecule has 1 heterocycles. The molecule has 1 N–H and O–H groups in total. The van der Waals surface area contributed by atoms with Gasteiger partial charge in [0, 0.05) is 5.56 Å². The van der Waals surface area contributed by atoms with Crippen LogP contribution in [0, 0.1) is 11.6 Å². The Morgan fingerprint density at radius 1 is 1.11 bits per heavy atom. The number of halogens is 2. The fourth-order valence-corrected chi connectivity index (χ4v) is 2.43. The Morgan fingerprint density at radius 3 is 2.28 bits per heavy atom. The molecule has 1 saturated heterocycles. The first kappa shape index (κ1) is 13.1. The summed E-state index contributed by atoms with van der Waals surface area (Å²) in [7, 11) is 2.76. The van der Waals surface area contributed by atoms with Crippen molar-refractivity contribution in [2.24, 2.45) is 0 Å². The van der Waals surface area contributed by atoms with Crippen LogP contribution in [0.25, 0.3) is 0 Å². The molecule has 0 saturated carbocycles. The van der Waals surface area contributed by atoms with Gasteiger partial charge in [0.15, 0.2) is 17.3 Å². The number of ether oxygens (including phenoxy) is 2. The highest BCUT2D eigenvalue weighted by Crippen LogP contribution is 2.41. The Hall–Kier alpha value is -1.36. The van der Waals surface area contributed by atoms with E-state index in [4.69, 9.17) is 9.47 Å². The van der Waals surface area contributed by atoms with E-state index in [9.17, 15) is 8.78 Å². The zero-order valence-electron chi connectivity index (χ0n) is 10.6. The Kier molecular flexibility index (Phi) is 4.01. The van der Waals surface area contributed by atoms with Gasteiger partial charge in [-0.2, -0.15) is 4.39 Å². The van der Waals surface area contributed by atoms with Crippen molar-refractivity contribution in [2.45, 2.75) is 18.8 Å². The van der Waals surface area contributed by atoms with E-state index in [-0.39, 0.29) is 11.7 Å². The summed E-state index contributed by atoms with van der Waals surface area (Å²) in [5, 5.41) is 3.24. The Morgan fingerprint density at radius 2 is 1.72 bits per heavy atom. The third kappa shape index (κ3) is 2.27. The van der Waals surface area contributed by atoms with Crippen molar-refractivity contribution < 1.29 is 18.3 Å². The van der Waals surface area contributed by atoms with E-state index in [0.29, 0.717) is 11.3 Å². The largest absolute Gasteiger partial charge is 0.492 e. The Bertz CT molecular complexity index is 431. The molecule has 0 aromatic heterocycles. The van der Waals surface area contributed by atoms with Crippen LogP contribution in [0.3, 0.4) is 0 Å². The number of hydrogen-bond donors (Lipinski definition) is 1. The second-order valence-corrected chi connectivity index (χ2v) is 4.35. The minimum Gasteiger partial charge on any atom is -0.492 e. The molecule has 1 aromatic rings. The first-order valence-electron chi connectivity index (χ1n) is 5.99. The average Bonchev–Trinajstić information content (AvgIpc) is 2.42. The maximum Gasteiger partial charge on any atom is 0.204 e. The van der Waals surface area contributed by atoms with Gasteiger partial charge < -0.3 is 14.8 Å². The molecule has 1 aliphatic rings. The van der Waals surface area contributed by atoms with Gasteiger partial charge in [-0.15, -0.1) is 0 Å². The maximum atomic E-state index is 13.6. The van der Waals surface area contributed by atoms with Crippen molar-refractivity contribution in [3.63, 3.8) is 0 Å². The predicted molar refractivity (Wildman–Crippen MR) is 64.3 cm³/mol. The SMILES string of the molecule is COc1c(C2CCNCC2)cc(F)c(F)c1OC. The van der Waals surface area contributed by atoms with Crippen LogP contribution >= 0.6 is 0 Å². The highest BCUT2D eigenvalue weighted by molar-refractivity contribution is 5.50. The number of methoxy groups -OCH3 is 2. The highest BCUT2D eigenvalue weighted by atomic mass is 19.2. The van der Waals surface area contributed by atoms with Gasteiger partial charge in [0.1, 0.15) is 0 Å². The Balaban J connectivity index is 2.47. The molecule has 0 atom stereocenters. The van der Waals surface area contributed by atoms with E-state index in [2.05, 4.69) is 5.32 Å². The van der Waals surface area contributed by atoms with E-state index in [1.165, 1.54) is 20.3 Å². The van der Waals surface area contributed by atoms with Crippen LogP contribution in [0.15, 0.2) is 6.07 Å². The van der Waals surface area contributed by atoms with Crippen molar-refractivity contribution >= 4 is 0 Å². The molecule has 0 radical (unpaired) electrons. The fraction of sp³-hybridized carbons (Fsp3) is 0.538. The number of nitrogens with one attached hydrogen (secondary N) is 1. The van der Waals surface area contributed by atoms with Crippen LogP contribution in [0.5, 0.6) is 11.5 Å². The second-order valence-electron chi connectivity index (χ2n) is 4.35. The standard InChI is InChI=1S/C13H17F2NO2/c1-17-12-9(8-3-5-16-6-4-8)7-10(14)11(15)13(12)18-2/h7-8,16H,3-6H2,1-2H3. The van der Waals surface area contributed by atoms with E-state index >= 15 is 0 Å². The molecule has 2 rings (SSSR count). The monoisotopic (exact) mass is 257 g/mol. The van der Waals surface area contributed by atoms with Gasteiger partial charge in [-0.25, -0.2) is 4.39 Å². The van der Waals surface area contributed by atoms with Gasteiger partial charge >= 0.3 is 0 Å². The normalized spacial score (nSPS) is 16.7. The summed E-state index contributed by atoms with van der Waals surface area (Å²) in [4.78, 5) is 0. The van der Waals surface area contributed by atoms with Crippen LogP contribution in [0.1, 0.15) is 24.3 Å². The molecule has 3 nitrogen and oxygen atoms in total. The van der Waals surface area contributed by atoms with Crippen LogP contribution in [-0.4, -0.2) is 27.3 Å². The predicted octanol–water partition coefficient (Wildman–Crippen LogP) is 2.45. The van der Waals surface area contributed by atoms with Crippen molar-refractivity contribution in [3.8, 4) is 11.5 Å². The zero-order chi connectivity index (χ0) is 13.1. The molecule has 0 bridgehead atoms. The van der Waals surface area contributed by atoms with Crippen molar-refractivity contribution in [3.05, 3.63) is 23.3 Å². The number of hydrogen-bond acceptors (Lipinski definition) is 3. The summed E-state index contributed by atoms with van der Waals surface area (Å²) in [6.07, 6.45) is 1.76. The van der Waals surface area contributed by atoms with Crippen LogP contribution < -0.4 is 14.8 Å². The number of benzene rings is 1. The lowest BCUT2D eigenvalue weighted by molar-refractivity contribution is 0.320. The van der Waals surface area contributed by atoms with E-state index < -0.39 is 11.6 Å². The first-order chi connectivity index (χ1) is 8.69. The average molecular weight is 257 g/mol. The zero-order valence-corrected chi connectivity index (χ0v) is 10.6. The molecular formula is C13H17F2NO2. The van der Waals surface area contributed by atoms with Gasteiger partial charge in [-0.1, -0.05) is 0 Å². The van der Waals surface area contributed by atoms with Crippen molar-refractivity contribution in [2.75, 3.05) is 27.3 Å². The van der Waals surface area contributed by atoms with E-state index in [0.717, 1.165) is 25.9 Å². The summed E-state index contributed by atoms with van der Waals surface area (Å²) in [6.45, 7) is 1.74. The van der Waals surface area contributed by atoms with E-state index in [1.54, 1.807) is 0 Å². The quantitative estimate of drug-likeness (QED) is 0.902. The molecule has 18 heavy (non-hydrogen) atoms. The summed E-state index contributed by atoms with van der Waals surface area (Å²) in [5.74, 6) is -1.55. The van der Waals surface area contributed by atoms with Gasteiger partial charge in [0.05, 0.1) is 14.2 Å². The molecular weight excluding hydrogens is 240 g/mol. The maximum absolute atomic E-state index is 13.6. The lowest BCUT2D eigenvalue weighted by Gasteiger charge is -2.25. The molecule has 0 aliphatic carbocycles. The topological polar surface area (TPSA) is 30.5 Å². The van der Waals surface area contributed by atoms with Gasteiger partial charge in [0.25, 0.3) is 0 Å². The smallest absolute Gasteiger partial charge is 0.204 e. The lowest BCUT2D eigenvalue weighted by Crippen LogP contribution is -2.27. The third-order valence-corrected chi connectivity index (χ3v) is 3.35. The highest BCUT2D eigenvalue weighted by Gasteiger charge is 2.26. The second kappa shape index (κ2) is 5.52. The molecule has 0 unspecified atom stereocenters. The molecule has 5 heteroatoms. The molecule has 0 amide bonds. The first-order valence-corrected chi connectivity index (χ1v) is 5.99. The third-order valence-electron chi connectivity index (χ3n) is 3.35. The molecule has 0 spiro atoms. The van der Waals surface area contributed by atoms with Crippen molar-refractivity contribution in [1.82, 2.24) is 5.32 Å². The van der Waals surface area contributed by atoms with Crippen LogP contribution in [-0.2, 0) is 0 Å². The fourth-order valence-electron chi connectivity index (χ4n) is 2.43. The molecule has 1 aromatic carbocycles. The Labute approximate surface area is 105 Å². The summed E-state index contributed by atoms with van der Waals surface area (Å²) in [5.41, 5.74) is 0.690. The van der Waals surface area contributed by atoms with Gasteiger partial charge in [-0.05, 0) is 37.9 Å². The minimum atomic E-state index is -0.993. The summed E-state index contributed by atoms with van der Waals surface area (Å²) in [6, 6.07) is 1.23. The molecule has 1 aliphatic heterocycles. The summed E-state index contributed by atoms with van der Waals surface area (Å²) >= 11 is 0.